The predicted molar refractivity (Wildman–Crippen MR) is 138 cm³/mol. The molecule has 2 N–H and O–H groups in total. The van der Waals surface area contributed by atoms with E-state index in [-0.39, 0.29) is 11.8 Å². The van der Waals surface area contributed by atoms with Crippen LogP contribution >= 0.6 is 11.8 Å². The number of carbonyl (C=O) groups excluding carboxylic acids is 2. The molecule has 166 valence electrons. The maximum Gasteiger partial charge on any atom is 0.242 e. The summed E-state index contributed by atoms with van der Waals surface area (Å²) in [7, 11) is 0. The Balaban J connectivity index is 1.56. The lowest BCUT2D eigenvalue weighted by atomic mass is 10.1. The minimum Gasteiger partial charge on any atom is -0.326 e. The molecule has 33 heavy (non-hydrogen) atoms. The fraction of sp³-hybridized carbons (Fsp3) is 0.143. The molecule has 1 atom stereocenters. The smallest absolute Gasteiger partial charge is 0.242 e. The summed E-state index contributed by atoms with van der Waals surface area (Å²) < 4.78 is 0. The van der Waals surface area contributed by atoms with Crippen LogP contribution in [0.2, 0.25) is 0 Å². The molecule has 2 amide bonds. The van der Waals surface area contributed by atoms with Crippen LogP contribution in [0.25, 0.3) is 10.8 Å². The summed E-state index contributed by atoms with van der Waals surface area (Å²) in [6, 6.07) is 31.3. The summed E-state index contributed by atoms with van der Waals surface area (Å²) in [5, 5.41) is 7.71. The molecular weight excluding hydrogens is 428 g/mol. The van der Waals surface area contributed by atoms with Crippen molar-refractivity contribution in [1.29, 1.82) is 0 Å². The minimum atomic E-state index is -0.425. The lowest BCUT2D eigenvalue weighted by Gasteiger charge is -2.18. The maximum absolute atomic E-state index is 13.5. The highest BCUT2D eigenvalue weighted by Crippen LogP contribution is 2.37. The highest BCUT2D eigenvalue weighted by molar-refractivity contribution is 8.00. The third-order valence-corrected chi connectivity index (χ3v) is 6.52. The molecule has 0 aliphatic carbocycles. The summed E-state index contributed by atoms with van der Waals surface area (Å²) in [6.07, 6.45) is 1.31. The van der Waals surface area contributed by atoms with E-state index >= 15 is 0 Å². The van der Waals surface area contributed by atoms with Crippen molar-refractivity contribution < 1.29 is 9.59 Å². The molecule has 4 aromatic rings. The van der Waals surface area contributed by atoms with Crippen LogP contribution in [-0.4, -0.2) is 11.8 Å². The van der Waals surface area contributed by atoms with Crippen molar-refractivity contribution in [2.45, 2.75) is 29.9 Å². The Kier molecular flexibility index (Phi) is 7.43. The van der Waals surface area contributed by atoms with E-state index in [0.29, 0.717) is 6.42 Å². The van der Waals surface area contributed by atoms with Gasteiger partial charge in [0.15, 0.2) is 0 Å². The van der Waals surface area contributed by atoms with E-state index in [9.17, 15) is 9.59 Å². The maximum atomic E-state index is 13.5. The quantitative estimate of drug-likeness (QED) is 0.280. The van der Waals surface area contributed by atoms with Crippen LogP contribution in [0, 0.1) is 0 Å². The highest BCUT2D eigenvalue weighted by atomic mass is 32.2. The number of nitrogens with one attached hydrogen (secondary N) is 2. The number of fused-ring (bicyclic) bond motifs is 1. The molecule has 1 unspecified atom stereocenters. The average Bonchev–Trinajstić information content (AvgIpc) is 2.84. The molecule has 0 spiro atoms. The van der Waals surface area contributed by atoms with Crippen LogP contribution in [-0.2, 0) is 9.59 Å². The fourth-order valence-electron chi connectivity index (χ4n) is 3.64. The first-order chi connectivity index (χ1) is 16.1. The van der Waals surface area contributed by atoms with Crippen molar-refractivity contribution in [2.24, 2.45) is 0 Å². The third kappa shape index (κ3) is 5.82. The summed E-state index contributed by atoms with van der Waals surface area (Å²) in [4.78, 5) is 26.3. The van der Waals surface area contributed by atoms with Crippen LogP contribution < -0.4 is 10.6 Å². The molecule has 4 aromatic carbocycles. The molecule has 0 heterocycles. The van der Waals surface area contributed by atoms with Crippen molar-refractivity contribution in [2.75, 3.05) is 10.6 Å². The van der Waals surface area contributed by atoms with Crippen LogP contribution in [0.15, 0.2) is 102 Å². The standard InChI is InChI=1S/C28H26N2O2S/c1-2-9-26(31)29-22-16-18-23(19-17-22)33-27(21-11-4-3-5-12-21)28(32)30-25-15-8-13-20-10-6-7-14-24(20)25/h3-8,10-19,27H,2,9H2,1H3,(H,29,31)(H,30,32). The Morgan fingerprint density at radius 1 is 0.788 bits per heavy atom. The largest absolute Gasteiger partial charge is 0.326 e. The molecule has 0 aliphatic rings. The number of thioether (sulfide) groups is 1. The zero-order chi connectivity index (χ0) is 23.0. The Bertz CT molecular complexity index is 1230. The van der Waals surface area contributed by atoms with Crippen LogP contribution in [0.1, 0.15) is 30.6 Å². The summed E-state index contributed by atoms with van der Waals surface area (Å²) in [5.41, 5.74) is 2.49. The summed E-state index contributed by atoms with van der Waals surface area (Å²) >= 11 is 1.49. The fourth-order valence-corrected chi connectivity index (χ4v) is 4.66. The molecule has 0 aromatic heterocycles. The van der Waals surface area contributed by atoms with Gasteiger partial charge < -0.3 is 10.6 Å². The lowest BCUT2D eigenvalue weighted by molar-refractivity contribution is -0.116. The zero-order valence-electron chi connectivity index (χ0n) is 18.5. The first-order valence-electron chi connectivity index (χ1n) is 11.0. The van der Waals surface area contributed by atoms with Gasteiger partial charge >= 0.3 is 0 Å². The molecule has 0 saturated carbocycles. The Morgan fingerprint density at radius 3 is 2.24 bits per heavy atom. The molecule has 0 fully saturated rings. The molecule has 0 saturated heterocycles. The molecule has 0 bridgehead atoms. The van der Waals surface area contributed by atoms with Gasteiger partial charge in [-0.3, -0.25) is 9.59 Å². The Labute approximate surface area is 198 Å². The minimum absolute atomic E-state index is 0.00882. The monoisotopic (exact) mass is 454 g/mol. The van der Waals surface area contributed by atoms with Crippen molar-refractivity contribution in [3.8, 4) is 0 Å². The van der Waals surface area contributed by atoms with E-state index in [1.54, 1.807) is 0 Å². The number of hydrogen-bond donors (Lipinski definition) is 2. The second-order valence-corrected chi connectivity index (χ2v) is 8.93. The second kappa shape index (κ2) is 10.8. The van der Waals surface area contributed by atoms with Gasteiger partial charge in [0.2, 0.25) is 11.8 Å². The first-order valence-corrected chi connectivity index (χ1v) is 11.9. The molecular formula is C28H26N2O2S. The van der Waals surface area contributed by atoms with E-state index in [0.717, 1.165) is 39.0 Å². The average molecular weight is 455 g/mol. The topological polar surface area (TPSA) is 58.2 Å². The molecule has 0 radical (unpaired) electrons. The Hall–Kier alpha value is -3.57. The van der Waals surface area contributed by atoms with Gasteiger partial charge in [-0.05, 0) is 47.7 Å². The van der Waals surface area contributed by atoms with Gasteiger partial charge in [-0.15, -0.1) is 11.8 Å². The highest BCUT2D eigenvalue weighted by Gasteiger charge is 2.22. The first kappa shape index (κ1) is 22.6. The van der Waals surface area contributed by atoms with Gasteiger partial charge in [0.1, 0.15) is 5.25 Å². The van der Waals surface area contributed by atoms with Gasteiger partial charge in [0.25, 0.3) is 0 Å². The van der Waals surface area contributed by atoms with Gasteiger partial charge in [-0.25, -0.2) is 0 Å². The number of hydrogen-bond acceptors (Lipinski definition) is 3. The van der Waals surface area contributed by atoms with Gasteiger partial charge in [0.05, 0.1) is 0 Å². The second-order valence-electron chi connectivity index (χ2n) is 7.75. The summed E-state index contributed by atoms with van der Waals surface area (Å²) in [6.45, 7) is 1.98. The number of benzene rings is 4. The molecule has 5 heteroatoms. The number of rotatable bonds is 8. The molecule has 0 aliphatic heterocycles. The Morgan fingerprint density at radius 2 is 1.48 bits per heavy atom. The molecule has 4 rings (SSSR count). The van der Waals surface area contributed by atoms with Crippen molar-refractivity contribution in [3.05, 3.63) is 103 Å². The lowest BCUT2D eigenvalue weighted by Crippen LogP contribution is -2.19. The SMILES string of the molecule is CCCC(=O)Nc1ccc(SC(C(=O)Nc2cccc3ccccc23)c2ccccc2)cc1. The van der Waals surface area contributed by atoms with E-state index in [1.165, 1.54) is 11.8 Å². The van der Waals surface area contributed by atoms with Crippen LogP contribution in [0.3, 0.4) is 0 Å². The molecule has 4 nitrogen and oxygen atoms in total. The van der Waals surface area contributed by atoms with Crippen molar-refractivity contribution in [3.63, 3.8) is 0 Å². The number of anilines is 2. The van der Waals surface area contributed by atoms with E-state index < -0.39 is 5.25 Å². The van der Waals surface area contributed by atoms with Crippen LogP contribution in [0.5, 0.6) is 0 Å². The predicted octanol–water partition coefficient (Wildman–Crippen LogP) is 7.05. The van der Waals surface area contributed by atoms with Gasteiger partial charge in [-0.1, -0.05) is 73.7 Å². The van der Waals surface area contributed by atoms with Gasteiger partial charge in [-0.2, -0.15) is 0 Å². The van der Waals surface area contributed by atoms with E-state index in [4.69, 9.17) is 0 Å². The number of carbonyl (C=O) groups is 2. The number of amides is 2. The van der Waals surface area contributed by atoms with Gasteiger partial charge in [0, 0.05) is 28.1 Å². The van der Waals surface area contributed by atoms with Crippen LogP contribution in [0.4, 0.5) is 11.4 Å². The normalized spacial score (nSPS) is 11.7. The summed E-state index contributed by atoms with van der Waals surface area (Å²) in [5.74, 6) is -0.0718. The van der Waals surface area contributed by atoms with Crippen molar-refractivity contribution >= 4 is 45.7 Å². The zero-order valence-corrected chi connectivity index (χ0v) is 19.3. The van der Waals surface area contributed by atoms with Crippen molar-refractivity contribution in [1.82, 2.24) is 0 Å². The third-order valence-electron chi connectivity index (χ3n) is 5.26. The van der Waals surface area contributed by atoms with E-state index in [1.807, 2.05) is 104 Å². The van der Waals surface area contributed by atoms with E-state index in [2.05, 4.69) is 10.6 Å².